The summed E-state index contributed by atoms with van der Waals surface area (Å²) in [5.74, 6) is 0.408. The van der Waals surface area contributed by atoms with Crippen molar-refractivity contribution in [3.63, 3.8) is 0 Å². The Kier molecular flexibility index (Phi) is 4.34. The van der Waals surface area contributed by atoms with Crippen molar-refractivity contribution in [2.45, 2.75) is 37.8 Å². The Morgan fingerprint density at radius 3 is 2.82 bits per heavy atom. The van der Waals surface area contributed by atoms with Crippen molar-refractivity contribution in [1.29, 1.82) is 0 Å². The van der Waals surface area contributed by atoms with Crippen molar-refractivity contribution in [1.82, 2.24) is 15.5 Å². The van der Waals surface area contributed by atoms with Gasteiger partial charge in [0.2, 0.25) is 12.3 Å². The Bertz CT molecular complexity index is 621. The average molecular weight is 302 g/mol. The lowest BCUT2D eigenvalue weighted by Gasteiger charge is -2.26. The van der Waals surface area contributed by atoms with E-state index in [1.807, 2.05) is 12.1 Å². The predicted octanol–water partition coefficient (Wildman–Crippen LogP) is 2.16. The van der Waals surface area contributed by atoms with Crippen LogP contribution in [0.15, 0.2) is 35.1 Å². The number of benzene rings is 1. The van der Waals surface area contributed by atoms with Gasteiger partial charge in [-0.25, -0.2) is 4.79 Å². The summed E-state index contributed by atoms with van der Waals surface area (Å²) in [6, 6.07) is 7.08. The van der Waals surface area contributed by atoms with Crippen molar-refractivity contribution in [2.75, 3.05) is 5.32 Å². The van der Waals surface area contributed by atoms with Gasteiger partial charge >= 0.3 is 6.03 Å². The van der Waals surface area contributed by atoms with E-state index in [-0.39, 0.29) is 18.2 Å². The number of nitrogens with one attached hydrogen (secondary N) is 2. The van der Waals surface area contributed by atoms with Crippen LogP contribution in [0.3, 0.4) is 0 Å². The third kappa shape index (κ3) is 3.62. The molecule has 3 N–H and O–H groups in total. The van der Waals surface area contributed by atoms with Gasteiger partial charge in [-0.05, 0) is 43.9 Å². The molecule has 22 heavy (non-hydrogen) atoms. The van der Waals surface area contributed by atoms with Crippen molar-refractivity contribution in [3.05, 3.63) is 30.7 Å². The summed E-state index contributed by atoms with van der Waals surface area (Å²) in [4.78, 5) is 12.0. The van der Waals surface area contributed by atoms with Crippen molar-refractivity contribution in [2.24, 2.45) is 0 Å². The maximum Gasteiger partial charge on any atom is 0.319 e. The SMILES string of the molecule is O=C(Nc1cccc(-c2nnco2)c1)NC1CCC(O)CC1. The number of aliphatic hydroxyl groups is 1. The fourth-order valence-corrected chi connectivity index (χ4v) is 2.60. The predicted molar refractivity (Wildman–Crippen MR) is 80.2 cm³/mol. The van der Waals surface area contributed by atoms with Crippen LogP contribution in [-0.2, 0) is 0 Å². The molecule has 7 nitrogen and oxygen atoms in total. The molecule has 0 bridgehead atoms. The standard InChI is InChI=1S/C15H18N4O3/c20-13-6-4-11(5-7-13)17-15(21)18-12-3-1-2-10(8-12)14-19-16-9-22-14/h1-3,8-9,11,13,20H,4-7H2,(H2,17,18,21). The lowest BCUT2D eigenvalue weighted by Crippen LogP contribution is -2.40. The zero-order valence-electron chi connectivity index (χ0n) is 12.0. The van der Waals surface area contributed by atoms with E-state index in [0.29, 0.717) is 11.6 Å². The molecule has 1 aromatic carbocycles. The normalized spacial score (nSPS) is 21.3. The van der Waals surface area contributed by atoms with Crippen LogP contribution < -0.4 is 10.6 Å². The summed E-state index contributed by atoms with van der Waals surface area (Å²) < 4.78 is 5.14. The molecule has 1 saturated carbocycles. The second kappa shape index (κ2) is 6.57. The molecule has 2 aromatic rings. The summed E-state index contributed by atoms with van der Waals surface area (Å²) in [7, 11) is 0. The topological polar surface area (TPSA) is 100 Å². The number of anilines is 1. The summed E-state index contributed by atoms with van der Waals surface area (Å²) in [6.07, 6.45) is 4.11. The molecule has 0 spiro atoms. The second-order valence-electron chi connectivity index (χ2n) is 5.43. The lowest BCUT2D eigenvalue weighted by molar-refractivity contribution is 0.118. The van der Waals surface area contributed by atoms with Gasteiger partial charge in [0, 0.05) is 17.3 Å². The summed E-state index contributed by atoms with van der Waals surface area (Å²) in [5.41, 5.74) is 1.40. The van der Waals surface area contributed by atoms with E-state index in [4.69, 9.17) is 4.42 Å². The van der Waals surface area contributed by atoms with E-state index in [1.165, 1.54) is 6.39 Å². The Labute approximate surface area is 127 Å². The molecule has 116 valence electrons. The van der Waals surface area contributed by atoms with Crippen LogP contribution in [0.25, 0.3) is 11.5 Å². The number of amides is 2. The monoisotopic (exact) mass is 302 g/mol. The van der Waals surface area contributed by atoms with Gasteiger partial charge in [-0.3, -0.25) is 0 Å². The van der Waals surface area contributed by atoms with Crippen LogP contribution in [0.4, 0.5) is 10.5 Å². The molecular formula is C15H18N4O3. The number of rotatable bonds is 3. The van der Waals surface area contributed by atoms with Crippen molar-refractivity contribution in [3.8, 4) is 11.5 Å². The summed E-state index contributed by atoms with van der Waals surface area (Å²) >= 11 is 0. The smallest absolute Gasteiger partial charge is 0.319 e. The molecule has 1 heterocycles. The number of hydrogen-bond acceptors (Lipinski definition) is 5. The van der Waals surface area contributed by atoms with Crippen LogP contribution in [0.5, 0.6) is 0 Å². The fraction of sp³-hybridized carbons (Fsp3) is 0.400. The highest BCUT2D eigenvalue weighted by Crippen LogP contribution is 2.21. The van der Waals surface area contributed by atoms with Crippen LogP contribution in [-0.4, -0.2) is 33.5 Å². The molecular weight excluding hydrogens is 284 g/mol. The van der Waals surface area contributed by atoms with Gasteiger partial charge in [-0.15, -0.1) is 10.2 Å². The highest BCUT2D eigenvalue weighted by atomic mass is 16.4. The number of hydrogen-bond donors (Lipinski definition) is 3. The van der Waals surface area contributed by atoms with Gasteiger partial charge in [-0.2, -0.15) is 0 Å². The molecule has 3 rings (SSSR count). The van der Waals surface area contributed by atoms with Gasteiger partial charge in [0.05, 0.1) is 6.10 Å². The first-order valence-corrected chi connectivity index (χ1v) is 7.33. The van der Waals surface area contributed by atoms with Gasteiger partial charge in [0.25, 0.3) is 0 Å². The maximum atomic E-state index is 12.0. The number of urea groups is 1. The van der Waals surface area contributed by atoms with E-state index >= 15 is 0 Å². The first-order valence-electron chi connectivity index (χ1n) is 7.33. The quantitative estimate of drug-likeness (QED) is 0.806. The molecule has 0 unspecified atom stereocenters. The van der Waals surface area contributed by atoms with E-state index in [1.54, 1.807) is 12.1 Å². The van der Waals surface area contributed by atoms with Gasteiger partial charge in [0.15, 0.2) is 0 Å². The van der Waals surface area contributed by atoms with E-state index in [0.717, 1.165) is 31.2 Å². The second-order valence-corrected chi connectivity index (χ2v) is 5.43. The molecule has 1 aromatic heterocycles. The molecule has 1 fully saturated rings. The molecule has 2 amide bonds. The molecule has 0 aliphatic heterocycles. The molecule has 0 radical (unpaired) electrons. The van der Waals surface area contributed by atoms with E-state index < -0.39 is 0 Å². The molecule has 7 heteroatoms. The Morgan fingerprint density at radius 1 is 1.27 bits per heavy atom. The molecule has 0 saturated heterocycles. The van der Waals surface area contributed by atoms with Gasteiger partial charge in [-0.1, -0.05) is 6.07 Å². The van der Waals surface area contributed by atoms with Crippen molar-refractivity contribution >= 4 is 11.7 Å². The number of carbonyl (C=O) groups is 1. The third-order valence-corrected chi connectivity index (χ3v) is 3.76. The van der Waals surface area contributed by atoms with Gasteiger partial charge in [0.1, 0.15) is 0 Å². The Balaban J connectivity index is 1.58. The highest BCUT2D eigenvalue weighted by Gasteiger charge is 2.20. The highest BCUT2D eigenvalue weighted by molar-refractivity contribution is 5.90. The average Bonchev–Trinajstić information content (AvgIpc) is 3.04. The zero-order chi connectivity index (χ0) is 15.4. The summed E-state index contributed by atoms with van der Waals surface area (Å²) in [5, 5.41) is 22.7. The van der Waals surface area contributed by atoms with Crippen LogP contribution in [0, 0.1) is 0 Å². The lowest BCUT2D eigenvalue weighted by atomic mass is 9.93. The third-order valence-electron chi connectivity index (χ3n) is 3.76. The fourth-order valence-electron chi connectivity index (χ4n) is 2.60. The minimum Gasteiger partial charge on any atom is -0.423 e. The first kappa shape index (κ1) is 14.5. The Morgan fingerprint density at radius 2 is 2.09 bits per heavy atom. The van der Waals surface area contributed by atoms with Crippen LogP contribution >= 0.6 is 0 Å². The van der Waals surface area contributed by atoms with E-state index in [9.17, 15) is 9.90 Å². The van der Waals surface area contributed by atoms with Crippen LogP contribution in [0.2, 0.25) is 0 Å². The van der Waals surface area contributed by atoms with Crippen LogP contribution in [0.1, 0.15) is 25.7 Å². The van der Waals surface area contributed by atoms with E-state index in [2.05, 4.69) is 20.8 Å². The zero-order valence-corrected chi connectivity index (χ0v) is 12.0. The molecule has 0 atom stereocenters. The number of carbonyl (C=O) groups excluding carboxylic acids is 1. The minimum absolute atomic E-state index is 0.113. The molecule has 1 aliphatic rings. The number of aliphatic hydroxyl groups excluding tert-OH is 1. The first-order chi connectivity index (χ1) is 10.7. The minimum atomic E-state index is -0.246. The van der Waals surface area contributed by atoms with Crippen molar-refractivity contribution < 1.29 is 14.3 Å². The molecule has 1 aliphatic carbocycles. The number of nitrogens with zero attached hydrogens (tertiary/aromatic N) is 2. The maximum absolute atomic E-state index is 12.0. The largest absolute Gasteiger partial charge is 0.423 e. The summed E-state index contributed by atoms with van der Waals surface area (Å²) in [6.45, 7) is 0. The number of aromatic nitrogens is 2. The van der Waals surface area contributed by atoms with Gasteiger partial charge < -0.3 is 20.2 Å². The Hall–Kier alpha value is -2.41.